The van der Waals surface area contributed by atoms with Crippen LogP contribution in [-0.4, -0.2) is 112 Å². The van der Waals surface area contributed by atoms with Crippen molar-refractivity contribution in [3.05, 3.63) is 59.9 Å². The number of hydrogen-bond donors (Lipinski definition) is 4. The highest BCUT2D eigenvalue weighted by Gasteiger charge is 2.78. The highest BCUT2D eigenvalue weighted by atomic mass is 16.6. The smallest absolute Gasteiger partial charge is 0.407 e. The molecule has 16 heteroatoms. The second kappa shape index (κ2) is 17.0. The number of hydrogen-bond acceptors (Lipinski definition) is 15. The Morgan fingerprint density at radius 3 is 2.27 bits per heavy atom. The van der Waals surface area contributed by atoms with E-state index in [1.54, 1.807) is 39.0 Å². The summed E-state index contributed by atoms with van der Waals surface area (Å²) in [6, 6.07) is 6.74. The van der Waals surface area contributed by atoms with E-state index in [0.717, 1.165) is 33.1 Å². The molecular weight excluding hydrogens is 782 g/mol. The Hall–Kier alpha value is -4.64. The second-order valence-corrected chi connectivity index (χ2v) is 17.6. The topological polar surface area (TPSA) is 231 Å². The number of fused-ring (bicyclic) bond motifs is 5. The molecule has 16 nitrogen and oxygen atoms in total. The largest absolute Gasteiger partial charge is 0.460 e. The van der Waals surface area contributed by atoms with Crippen LogP contribution in [0.4, 0.5) is 4.79 Å². The summed E-state index contributed by atoms with van der Waals surface area (Å²) >= 11 is 0. The number of nitrogens with one attached hydrogen (secondary N) is 1. The third-order valence-electron chi connectivity index (χ3n) is 13.8. The predicted molar refractivity (Wildman–Crippen MR) is 209 cm³/mol. The summed E-state index contributed by atoms with van der Waals surface area (Å²) in [4.78, 5) is 82.5. The molecule has 60 heavy (non-hydrogen) atoms. The van der Waals surface area contributed by atoms with Crippen LogP contribution in [0, 0.1) is 28.6 Å². The first-order valence-corrected chi connectivity index (χ1v) is 20.6. The number of allylic oxidation sites excluding steroid dienone is 1. The number of amides is 1. The average Bonchev–Trinajstić information content (AvgIpc) is 3.20. The first-order chi connectivity index (χ1) is 28.2. The molecule has 1 aromatic carbocycles. The SMILES string of the molecule is C=CCOC(=O)NC(C1CCCCC1)C(O)C(=O)OC1CC2(O)C(OC(=O)c3ccccc3)C3[C@]4(OC(C)=O)COC4CC(O)[C@@]3(C)C(=O)C(OC(C)=O)=C(C1C)C2(C)C. The highest BCUT2D eigenvalue weighted by molar-refractivity contribution is 6.02. The maximum Gasteiger partial charge on any atom is 0.407 e. The molecule has 6 rings (SSSR count). The van der Waals surface area contributed by atoms with Crippen molar-refractivity contribution in [2.24, 2.45) is 28.6 Å². The number of benzene rings is 1. The Bertz CT molecular complexity index is 1910. The molecule has 0 aromatic heterocycles. The predicted octanol–water partition coefficient (Wildman–Crippen LogP) is 3.63. The van der Waals surface area contributed by atoms with Crippen molar-refractivity contribution in [3.8, 4) is 0 Å². The summed E-state index contributed by atoms with van der Waals surface area (Å²) < 4.78 is 35.3. The minimum absolute atomic E-state index is 0.0138. The van der Waals surface area contributed by atoms with Crippen LogP contribution in [0.1, 0.15) is 96.8 Å². The van der Waals surface area contributed by atoms with Gasteiger partial charge in [0, 0.05) is 38.0 Å². The highest BCUT2D eigenvalue weighted by Crippen LogP contribution is 2.65. The van der Waals surface area contributed by atoms with Crippen LogP contribution in [-0.2, 0) is 47.6 Å². The standard InChI is InChI=1S/C44H57NO15/c1-8-19-55-40(53)45-32(26-15-11-9-12-16-26)33(49)39(52)58-28-21-44(54)37(59-38(51)27-17-13-10-14-18-27)35-42(7,29(48)20-30-43(35,22-56-30)60-25(4)47)36(50)34(57-24(3)46)31(23(28)2)41(44,5)6/h8,10,13-14,17-18,23,26,28-30,32-33,35,37,48-49,54H,1,9,11-12,15-16,19-22H2,2-7H3,(H,45,53)/t23?,28?,29?,30?,32?,33?,35?,37?,42-,43+,44?/m1/s1. The van der Waals surface area contributed by atoms with Crippen molar-refractivity contribution in [3.63, 3.8) is 0 Å². The Morgan fingerprint density at radius 2 is 1.68 bits per heavy atom. The molecule has 1 aromatic rings. The second-order valence-electron chi connectivity index (χ2n) is 17.6. The van der Waals surface area contributed by atoms with Crippen LogP contribution in [0.25, 0.3) is 0 Å². The molecule has 11 atom stereocenters. The molecule has 1 saturated heterocycles. The number of aliphatic hydroxyl groups is 3. The number of carbonyl (C=O) groups is 6. The van der Waals surface area contributed by atoms with Crippen molar-refractivity contribution in [1.29, 1.82) is 0 Å². The quantitative estimate of drug-likeness (QED) is 0.142. The first-order valence-electron chi connectivity index (χ1n) is 20.6. The maximum absolute atomic E-state index is 15.4. The van der Waals surface area contributed by atoms with Gasteiger partial charge in [0.15, 0.2) is 17.5 Å². The first kappa shape index (κ1) is 44.9. The van der Waals surface area contributed by atoms with Gasteiger partial charge in [0.05, 0.1) is 35.6 Å². The van der Waals surface area contributed by atoms with Crippen LogP contribution in [0.3, 0.4) is 0 Å². The Balaban J connectivity index is 1.53. The van der Waals surface area contributed by atoms with Gasteiger partial charge in [-0.3, -0.25) is 14.4 Å². The minimum atomic E-state index is -2.37. The van der Waals surface area contributed by atoms with Crippen molar-refractivity contribution in [2.75, 3.05) is 13.2 Å². The average molecular weight is 840 g/mol. The van der Waals surface area contributed by atoms with Gasteiger partial charge in [-0.05, 0) is 43.4 Å². The third kappa shape index (κ3) is 7.64. The summed E-state index contributed by atoms with van der Waals surface area (Å²) in [6.07, 6.45) is -4.18. The number of ether oxygens (including phenoxy) is 6. The van der Waals surface area contributed by atoms with Crippen LogP contribution in [0.5, 0.6) is 0 Å². The number of alkyl carbamates (subject to hydrolysis) is 1. The lowest BCUT2D eigenvalue weighted by Gasteiger charge is -2.67. The molecule has 0 spiro atoms. The van der Waals surface area contributed by atoms with Gasteiger partial charge in [0.1, 0.15) is 30.5 Å². The van der Waals surface area contributed by atoms with Gasteiger partial charge in [-0.15, -0.1) is 0 Å². The molecule has 4 aliphatic carbocycles. The molecule has 3 saturated carbocycles. The molecule has 5 aliphatic rings. The van der Waals surface area contributed by atoms with Crippen LogP contribution >= 0.6 is 0 Å². The van der Waals surface area contributed by atoms with E-state index in [-0.39, 0.29) is 36.7 Å². The molecule has 4 fully saturated rings. The molecule has 328 valence electrons. The zero-order valence-corrected chi connectivity index (χ0v) is 35.0. The Morgan fingerprint density at radius 1 is 1.02 bits per heavy atom. The summed E-state index contributed by atoms with van der Waals surface area (Å²) in [6.45, 7) is 11.5. The van der Waals surface area contributed by atoms with Crippen molar-refractivity contribution >= 4 is 35.8 Å². The number of carbonyl (C=O) groups excluding carboxylic acids is 6. The molecule has 0 radical (unpaired) electrons. The maximum atomic E-state index is 15.4. The van der Waals surface area contributed by atoms with Crippen molar-refractivity contribution < 1.29 is 72.5 Å². The monoisotopic (exact) mass is 839 g/mol. The number of Topliss-reactive ketones (excluding diaryl/α,β-unsaturated/α-hetero) is 1. The zero-order chi connectivity index (χ0) is 43.9. The van der Waals surface area contributed by atoms with E-state index in [9.17, 15) is 39.3 Å². The molecule has 4 N–H and O–H groups in total. The lowest BCUT2D eigenvalue weighted by molar-refractivity contribution is -0.345. The molecule has 1 heterocycles. The lowest BCUT2D eigenvalue weighted by Crippen LogP contribution is -2.81. The van der Waals surface area contributed by atoms with Crippen molar-refractivity contribution in [1.82, 2.24) is 5.32 Å². The number of rotatable bonds is 11. The van der Waals surface area contributed by atoms with Gasteiger partial charge in [-0.1, -0.05) is 70.9 Å². The number of ketones is 1. The van der Waals surface area contributed by atoms with Crippen LogP contribution < -0.4 is 5.32 Å². The normalized spacial score (nSPS) is 34.4. The van der Waals surface area contributed by atoms with Gasteiger partial charge in [0.25, 0.3) is 0 Å². The van der Waals surface area contributed by atoms with E-state index >= 15 is 4.79 Å². The Kier molecular flexibility index (Phi) is 12.7. The number of esters is 4. The van der Waals surface area contributed by atoms with E-state index in [4.69, 9.17) is 28.4 Å². The van der Waals surface area contributed by atoms with E-state index in [2.05, 4.69) is 11.9 Å². The van der Waals surface area contributed by atoms with Gasteiger partial charge in [0.2, 0.25) is 5.78 Å². The Labute approximate surface area is 348 Å². The molecule has 9 unspecified atom stereocenters. The summed E-state index contributed by atoms with van der Waals surface area (Å²) in [5.74, 6) is -8.09. The van der Waals surface area contributed by atoms with Crippen LogP contribution in [0.2, 0.25) is 0 Å². The molecule has 1 amide bonds. The molecule has 2 bridgehead atoms. The fourth-order valence-corrected chi connectivity index (χ4v) is 10.6. The minimum Gasteiger partial charge on any atom is -0.460 e. The van der Waals surface area contributed by atoms with Gasteiger partial charge in [-0.2, -0.15) is 0 Å². The fourth-order valence-electron chi connectivity index (χ4n) is 10.6. The third-order valence-corrected chi connectivity index (χ3v) is 13.8. The van der Waals surface area contributed by atoms with E-state index in [1.165, 1.54) is 25.1 Å². The van der Waals surface area contributed by atoms with Crippen LogP contribution in [0.15, 0.2) is 54.3 Å². The fraction of sp³-hybridized carbons (Fsp3) is 0.636. The summed E-state index contributed by atoms with van der Waals surface area (Å²) in [7, 11) is 0. The lowest BCUT2D eigenvalue weighted by atomic mass is 9.45. The summed E-state index contributed by atoms with van der Waals surface area (Å²) in [5, 5.41) is 40.0. The van der Waals surface area contributed by atoms with Crippen molar-refractivity contribution in [2.45, 2.75) is 134 Å². The zero-order valence-electron chi connectivity index (χ0n) is 35.0. The molecular formula is C44H57NO15. The summed E-state index contributed by atoms with van der Waals surface area (Å²) in [5.41, 5.74) is -7.75. The van der Waals surface area contributed by atoms with Gasteiger partial charge < -0.3 is 49.1 Å². The van der Waals surface area contributed by atoms with E-state index in [0.29, 0.717) is 12.8 Å². The molecule has 1 aliphatic heterocycles. The number of aliphatic hydroxyl groups excluding tert-OH is 2. The van der Waals surface area contributed by atoms with E-state index < -0.39 is 118 Å². The van der Waals surface area contributed by atoms with Gasteiger partial charge >= 0.3 is 30.0 Å². The van der Waals surface area contributed by atoms with E-state index in [1.807, 2.05) is 0 Å². The van der Waals surface area contributed by atoms with Gasteiger partial charge in [-0.25, -0.2) is 14.4 Å².